The maximum atomic E-state index is 11.4. The van der Waals surface area contributed by atoms with Gasteiger partial charge in [0.25, 0.3) is 0 Å². The molecule has 0 fully saturated rings. The van der Waals surface area contributed by atoms with E-state index in [9.17, 15) is 4.79 Å². The number of aromatic nitrogens is 3. The Morgan fingerprint density at radius 1 is 1.60 bits per heavy atom. The molecular formula is C9H8BrN3O2. The number of nitrogens with one attached hydrogen (secondary N) is 1. The third-order valence-electron chi connectivity index (χ3n) is 1.87. The molecule has 0 aliphatic heterocycles. The average molecular weight is 270 g/mol. The summed E-state index contributed by atoms with van der Waals surface area (Å²) >= 11 is 3.28. The van der Waals surface area contributed by atoms with Crippen molar-refractivity contribution in [2.75, 3.05) is 6.61 Å². The van der Waals surface area contributed by atoms with Gasteiger partial charge in [-0.2, -0.15) is 0 Å². The lowest BCUT2D eigenvalue weighted by atomic mass is 10.4. The molecule has 0 aliphatic rings. The summed E-state index contributed by atoms with van der Waals surface area (Å²) < 4.78 is 5.52. The molecule has 2 rings (SSSR count). The van der Waals surface area contributed by atoms with Crippen LogP contribution in [0.15, 0.2) is 17.0 Å². The van der Waals surface area contributed by atoms with E-state index in [1.807, 2.05) is 0 Å². The van der Waals surface area contributed by atoms with E-state index in [0.29, 0.717) is 22.6 Å². The van der Waals surface area contributed by atoms with Crippen LogP contribution in [0.25, 0.3) is 11.0 Å². The summed E-state index contributed by atoms with van der Waals surface area (Å²) in [5.41, 5.74) is 0.993. The van der Waals surface area contributed by atoms with Crippen LogP contribution in [-0.2, 0) is 4.74 Å². The first-order valence-electron chi connectivity index (χ1n) is 4.38. The summed E-state index contributed by atoms with van der Waals surface area (Å²) in [7, 11) is 0. The molecule has 0 bridgehead atoms. The van der Waals surface area contributed by atoms with E-state index in [1.54, 1.807) is 13.0 Å². The Balaban J connectivity index is 2.47. The summed E-state index contributed by atoms with van der Waals surface area (Å²) in [5.74, 6) is -0.387. The quantitative estimate of drug-likeness (QED) is 0.668. The Hall–Kier alpha value is -1.43. The Kier molecular flexibility index (Phi) is 2.68. The highest BCUT2D eigenvalue weighted by molar-refractivity contribution is 9.10. The Bertz CT molecular complexity index is 509. The monoisotopic (exact) mass is 269 g/mol. The number of H-pyrrole nitrogens is 1. The SMILES string of the molecule is CCOC(=O)c1cc2c(Br)ncnc2[nH]1. The first-order valence-corrected chi connectivity index (χ1v) is 5.18. The molecule has 0 aromatic carbocycles. The number of carbonyl (C=O) groups is 1. The molecule has 0 aliphatic carbocycles. The van der Waals surface area contributed by atoms with Crippen LogP contribution in [-0.4, -0.2) is 27.5 Å². The summed E-state index contributed by atoms with van der Waals surface area (Å²) in [5, 5.41) is 0.764. The molecule has 2 heterocycles. The van der Waals surface area contributed by atoms with Crippen molar-refractivity contribution in [3.8, 4) is 0 Å². The maximum Gasteiger partial charge on any atom is 0.354 e. The topological polar surface area (TPSA) is 67.9 Å². The van der Waals surface area contributed by atoms with Crippen molar-refractivity contribution >= 4 is 32.9 Å². The van der Waals surface area contributed by atoms with Crippen molar-refractivity contribution in [2.24, 2.45) is 0 Å². The maximum absolute atomic E-state index is 11.4. The van der Waals surface area contributed by atoms with Crippen LogP contribution in [0.4, 0.5) is 0 Å². The smallest absolute Gasteiger partial charge is 0.354 e. The largest absolute Gasteiger partial charge is 0.461 e. The summed E-state index contributed by atoms with van der Waals surface area (Å²) in [6, 6.07) is 1.66. The van der Waals surface area contributed by atoms with Crippen LogP contribution in [0.2, 0.25) is 0 Å². The fourth-order valence-corrected chi connectivity index (χ4v) is 1.62. The molecule has 78 valence electrons. The second-order valence-corrected chi connectivity index (χ2v) is 3.58. The minimum Gasteiger partial charge on any atom is -0.461 e. The van der Waals surface area contributed by atoms with Crippen LogP contribution in [0.1, 0.15) is 17.4 Å². The number of esters is 1. The van der Waals surface area contributed by atoms with Gasteiger partial charge in [-0.3, -0.25) is 0 Å². The predicted octanol–water partition coefficient (Wildman–Crippen LogP) is 1.90. The highest BCUT2D eigenvalue weighted by Crippen LogP contribution is 2.20. The number of hydrogen-bond donors (Lipinski definition) is 1. The molecule has 5 nitrogen and oxygen atoms in total. The zero-order valence-electron chi connectivity index (χ0n) is 7.95. The third kappa shape index (κ3) is 1.85. The summed E-state index contributed by atoms with van der Waals surface area (Å²) in [4.78, 5) is 22.2. The second-order valence-electron chi connectivity index (χ2n) is 2.83. The molecule has 0 unspecified atom stereocenters. The molecule has 0 saturated carbocycles. The van der Waals surface area contributed by atoms with Crippen molar-refractivity contribution in [3.63, 3.8) is 0 Å². The van der Waals surface area contributed by atoms with Crippen LogP contribution in [0.3, 0.4) is 0 Å². The van der Waals surface area contributed by atoms with E-state index in [4.69, 9.17) is 4.74 Å². The van der Waals surface area contributed by atoms with Crippen molar-refractivity contribution in [1.29, 1.82) is 0 Å². The zero-order valence-corrected chi connectivity index (χ0v) is 9.54. The first kappa shape index (κ1) is 10.1. The normalized spacial score (nSPS) is 10.5. The van der Waals surface area contributed by atoms with Gasteiger partial charge in [0, 0.05) is 0 Å². The van der Waals surface area contributed by atoms with E-state index in [1.165, 1.54) is 6.33 Å². The van der Waals surface area contributed by atoms with Gasteiger partial charge in [-0.05, 0) is 28.9 Å². The van der Waals surface area contributed by atoms with Gasteiger partial charge in [-0.25, -0.2) is 14.8 Å². The number of aromatic amines is 1. The Morgan fingerprint density at radius 2 is 2.40 bits per heavy atom. The van der Waals surface area contributed by atoms with E-state index < -0.39 is 0 Å². The number of halogens is 1. The number of hydrogen-bond acceptors (Lipinski definition) is 4. The first-order chi connectivity index (χ1) is 7.22. The van der Waals surface area contributed by atoms with Crippen LogP contribution >= 0.6 is 15.9 Å². The van der Waals surface area contributed by atoms with Gasteiger partial charge in [0.1, 0.15) is 22.3 Å². The summed E-state index contributed by atoms with van der Waals surface area (Å²) in [6.45, 7) is 2.11. The van der Waals surface area contributed by atoms with Gasteiger partial charge in [0.2, 0.25) is 0 Å². The molecular weight excluding hydrogens is 262 g/mol. The van der Waals surface area contributed by atoms with E-state index >= 15 is 0 Å². The standard InChI is InChI=1S/C9H8BrN3O2/c1-2-15-9(14)6-3-5-7(10)11-4-12-8(5)13-6/h3-4H,2H2,1H3,(H,11,12,13). The molecule has 0 spiro atoms. The highest BCUT2D eigenvalue weighted by Gasteiger charge is 2.12. The molecule has 15 heavy (non-hydrogen) atoms. The highest BCUT2D eigenvalue weighted by atomic mass is 79.9. The number of nitrogens with zero attached hydrogens (tertiary/aromatic N) is 2. The van der Waals surface area contributed by atoms with Gasteiger partial charge < -0.3 is 9.72 Å². The van der Waals surface area contributed by atoms with E-state index in [0.717, 1.165) is 5.39 Å². The predicted molar refractivity (Wildman–Crippen MR) is 57.5 cm³/mol. The molecule has 2 aromatic heterocycles. The number of fused-ring (bicyclic) bond motifs is 1. The lowest BCUT2D eigenvalue weighted by Gasteiger charge is -1.96. The average Bonchev–Trinajstić information content (AvgIpc) is 2.63. The van der Waals surface area contributed by atoms with Crippen LogP contribution < -0.4 is 0 Å². The number of carbonyl (C=O) groups excluding carboxylic acids is 1. The molecule has 2 aromatic rings. The molecule has 0 saturated heterocycles. The number of ether oxygens (including phenoxy) is 1. The van der Waals surface area contributed by atoms with Crippen molar-refractivity contribution in [3.05, 3.63) is 22.7 Å². The van der Waals surface area contributed by atoms with Crippen molar-refractivity contribution in [2.45, 2.75) is 6.92 Å². The van der Waals surface area contributed by atoms with Gasteiger partial charge >= 0.3 is 5.97 Å². The third-order valence-corrected chi connectivity index (χ3v) is 2.50. The zero-order chi connectivity index (χ0) is 10.8. The summed E-state index contributed by atoms with van der Waals surface area (Å²) in [6.07, 6.45) is 1.41. The second kappa shape index (κ2) is 3.98. The Morgan fingerprint density at radius 3 is 3.07 bits per heavy atom. The molecule has 0 amide bonds. The lowest BCUT2D eigenvalue weighted by molar-refractivity contribution is 0.0520. The fraction of sp³-hybridized carbons (Fsp3) is 0.222. The minimum absolute atomic E-state index is 0.348. The van der Waals surface area contributed by atoms with Crippen molar-refractivity contribution in [1.82, 2.24) is 15.0 Å². The van der Waals surface area contributed by atoms with Crippen LogP contribution in [0, 0.1) is 0 Å². The van der Waals surface area contributed by atoms with E-state index in [-0.39, 0.29) is 5.97 Å². The molecule has 0 atom stereocenters. The van der Waals surface area contributed by atoms with Gasteiger partial charge in [0.05, 0.1) is 12.0 Å². The van der Waals surface area contributed by atoms with Gasteiger partial charge in [0.15, 0.2) is 0 Å². The fourth-order valence-electron chi connectivity index (χ4n) is 1.23. The molecule has 1 N–H and O–H groups in total. The molecule has 0 radical (unpaired) electrons. The van der Waals surface area contributed by atoms with Gasteiger partial charge in [-0.1, -0.05) is 0 Å². The van der Waals surface area contributed by atoms with Gasteiger partial charge in [-0.15, -0.1) is 0 Å². The van der Waals surface area contributed by atoms with E-state index in [2.05, 4.69) is 30.9 Å². The lowest BCUT2D eigenvalue weighted by Crippen LogP contribution is -2.04. The van der Waals surface area contributed by atoms with Crippen molar-refractivity contribution < 1.29 is 9.53 Å². The Labute approximate surface area is 94.0 Å². The van der Waals surface area contributed by atoms with Crippen LogP contribution in [0.5, 0.6) is 0 Å². The number of rotatable bonds is 2. The molecule has 6 heteroatoms. The minimum atomic E-state index is -0.387.